The summed E-state index contributed by atoms with van der Waals surface area (Å²) in [5.41, 5.74) is 2.38. The number of pyridine rings is 2. The molecule has 1 amide bonds. The summed E-state index contributed by atoms with van der Waals surface area (Å²) < 4.78 is 28.3. The van der Waals surface area contributed by atoms with Crippen LogP contribution in [0.25, 0.3) is 22.4 Å². The van der Waals surface area contributed by atoms with Gasteiger partial charge in [-0.05, 0) is 50.8 Å². The van der Waals surface area contributed by atoms with Gasteiger partial charge in [-0.1, -0.05) is 0 Å². The molecule has 1 saturated carbocycles. The van der Waals surface area contributed by atoms with Crippen molar-refractivity contribution >= 4 is 22.8 Å². The van der Waals surface area contributed by atoms with Gasteiger partial charge in [-0.3, -0.25) is 9.78 Å². The zero-order chi connectivity index (χ0) is 23.7. The molecule has 0 radical (unpaired) electrons. The first-order valence-electron chi connectivity index (χ1n) is 11.1. The highest BCUT2D eigenvalue weighted by Gasteiger charge is 2.25. The number of carbonyl (C=O) groups is 1. The molecule has 3 N–H and O–H groups in total. The molecule has 0 spiro atoms. The maximum atomic E-state index is 14.6. The van der Waals surface area contributed by atoms with Crippen LogP contribution in [0.5, 0.6) is 0 Å². The zero-order valence-corrected chi connectivity index (χ0v) is 18.5. The van der Waals surface area contributed by atoms with Crippen molar-refractivity contribution in [2.45, 2.75) is 44.7 Å². The molecule has 8 nitrogen and oxygen atoms in total. The number of hydrogen-bond acceptors (Lipinski definition) is 6. The largest absolute Gasteiger partial charge is 0.365 e. The predicted octanol–water partition coefficient (Wildman–Crippen LogP) is 4.15. The van der Waals surface area contributed by atoms with Gasteiger partial charge in [-0.15, -0.1) is 0 Å². The Hall–Kier alpha value is -3.95. The van der Waals surface area contributed by atoms with Gasteiger partial charge >= 0.3 is 0 Å². The lowest BCUT2D eigenvalue weighted by atomic mass is 9.90. The lowest BCUT2D eigenvalue weighted by Crippen LogP contribution is -2.42. The molecule has 0 unspecified atom stereocenters. The number of anilines is 1. The average molecular weight is 463 g/mol. The fourth-order valence-corrected chi connectivity index (χ4v) is 4.28. The minimum absolute atomic E-state index is 0.0490. The van der Waals surface area contributed by atoms with E-state index in [0.717, 1.165) is 37.4 Å². The second-order valence-electron chi connectivity index (χ2n) is 8.51. The highest BCUT2D eigenvalue weighted by Crippen LogP contribution is 2.28. The van der Waals surface area contributed by atoms with Crippen molar-refractivity contribution in [3.05, 3.63) is 65.9 Å². The number of nitrogens with one attached hydrogen (secondary N) is 3. The van der Waals surface area contributed by atoms with E-state index in [0.29, 0.717) is 28.6 Å². The Labute approximate surface area is 194 Å². The van der Waals surface area contributed by atoms with Crippen LogP contribution >= 0.6 is 0 Å². The molecule has 1 aliphatic rings. The molecular weight excluding hydrogens is 440 g/mol. The van der Waals surface area contributed by atoms with Gasteiger partial charge in [0.15, 0.2) is 17.5 Å². The minimum atomic E-state index is -0.579. The fraction of sp³-hybridized carbons (Fsp3) is 0.292. The Morgan fingerprint density at radius 1 is 1.09 bits per heavy atom. The van der Waals surface area contributed by atoms with Crippen molar-refractivity contribution in [2.75, 3.05) is 5.32 Å². The Morgan fingerprint density at radius 2 is 1.94 bits per heavy atom. The van der Waals surface area contributed by atoms with Crippen LogP contribution in [-0.4, -0.2) is 42.9 Å². The van der Waals surface area contributed by atoms with E-state index in [1.807, 2.05) is 6.92 Å². The van der Waals surface area contributed by atoms with E-state index in [2.05, 4.69) is 35.6 Å². The fourth-order valence-electron chi connectivity index (χ4n) is 4.28. The molecule has 4 heterocycles. The standard InChI is InChI=1S/C24H23F2N7O/c1-13-5-6-14(9-27-13)24(34)32-17-4-2-3-16(8-17)31-23-20(26)12-30-22(33-23)19-11-29-21-18(19)7-15(25)10-28-21/h5-7,9-12,16-17H,2-4,8H2,1H3,(H,28,29)(H,32,34)(H,30,31,33)/t16-,17+/m1/s1. The number of aromatic nitrogens is 5. The molecule has 5 rings (SSSR count). The highest BCUT2D eigenvalue weighted by molar-refractivity contribution is 5.94. The molecule has 4 aromatic rings. The molecule has 1 aliphatic carbocycles. The monoisotopic (exact) mass is 463 g/mol. The van der Waals surface area contributed by atoms with Gasteiger partial charge in [0.25, 0.3) is 5.91 Å². The summed E-state index contributed by atoms with van der Waals surface area (Å²) in [5.74, 6) is -0.900. The number of H-pyrrole nitrogens is 1. The Kier molecular flexibility index (Phi) is 5.87. The molecule has 2 atom stereocenters. The van der Waals surface area contributed by atoms with Crippen molar-refractivity contribution in [3.8, 4) is 11.4 Å². The van der Waals surface area contributed by atoms with Gasteiger partial charge in [0.2, 0.25) is 0 Å². The van der Waals surface area contributed by atoms with E-state index in [-0.39, 0.29) is 29.6 Å². The third kappa shape index (κ3) is 4.57. The molecule has 4 aromatic heterocycles. The van der Waals surface area contributed by atoms with Crippen LogP contribution in [0.2, 0.25) is 0 Å². The number of amides is 1. The first-order valence-corrected chi connectivity index (χ1v) is 11.1. The van der Waals surface area contributed by atoms with Crippen LogP contribution in [0.4, 0.5) is 14.6 Å². The molecule has 0 bridgehead atoms. The highest BCUT2D eigenvalue weighted by atomic mass is 19.1. The van der Waals surface area contributed by atoms with E-state index in [9.17, 15) is 13.6 Å². The molecule has 0 aromatic carbocycles. The summed E-state index contributed by atoms with van der Waals surface area (Å²) in [6.45, 7) is 1.87. The summed E-state index contributed by atoms with van der Waals surface area (Å²) in [6, 6.07) is 4.77. The van der Waals surface area contributed by atoms with Crippen molar-refractivity contribution in [2.24, 2.45) is 0 Å². The second kappa shape index (κ2) is 9.12. The number of rotatable bonds is 5. The number of halogens is 2. The molecule has 1 fully saturated rings. The van der Waals surface area contributed by atoms with Gasteiger partial charge in [0.1, 0.15) is 11.5 Å². The molecule has 34 heavy (non-hydrogen) atoms. The Bertz CT molecular complexity index is 1340. The predicted molar refractivity (Wildman–Crippen MR) is 123 cm³/mol. The minimum Gasteiger partial charge on any atom is -0.365 e. The van der Waals surface area contributed by atoms with Crippen molar-refractivity contribution < 1.29 is 13.6 Å². The SMILES string of the molecule is Cc1ccc(C(=O)N[C@H]2CCC[C@@H](Nc3nc(-c4c[nH]c5ncc(F)cc45)ncc3F)C2)cn1. The summed E-state index contributed by atoms with van der Waals surface area (Å²) in [7, 11) is 0. The molecule has 0 aliphatic heterocycles. The van der Waals surface area contributed by atoms with Crippen LogP contribution in [0.3, 0.4) is 0 Å². The summed E-state index contributed by atoms with van der Waals surface area (Å²) in [5, 5.41) is 6.74. The molecular formula is C24H23F2N7O. The summed E-state index contributed by atoms with van der Waals surface area (Å²) >= 11 is 0. The van der Waals surface area contributed by atoms with Gasteiger partial charge in [0.05, 0.1) is 18.0 Å². The van der Waals surface area contributed by atoms with Gasteiger partial charge < -0.3 is 15.6 Å². The van der Waals surface area contributed by atoms with Gasteiger partial charge in [0, 0.05) is 41.1 Å². The summed E-state index contributed by atoms with van der Waals surface area (Å²) in [4.78, 5) is 32.1. The van der Waals surface area contributed by atoms with E-state index in [1.54, 1.807) is 24.5 Å². The maximum absolute atomic E-state index is 14.6. The van der Waals surface area contributed by atoms with Crippen molar-refractivity contribution in [3.63, 3.8) is 0 Å². The first-order chi connectivity index (χ1) is 16.5. The Balaban J connectivity index is 1.30. The number of aromatic amines is 1. The molecule has 174 valence electrons. The number of aryl methyl sites for hydroxylation is 1. The first kappa shape index (κ1) is 21.9. The van der Waals surface area contributed by atoms with Gasteiger partial charge in [-0.25, -0.2) is 23.7 Å². The summed E-state index contributed by atoms with van der Waals surface area (Å²) in [6.07, 6.45) is 8.58. The lowest BCUT2D eigenvalue weighted by Gasteiger charge is -2.30. The lowest BCUT2D eigenvalue weighted by molar-refractivity contribution is 0.0926. The third-order valence-electron chi connectivity index (χ3n) is 6.01. The number of fused-ring (bicyclic) bond motifs is 1. The topological polar surface area (TPSA) is 108 Å². The Morgan fingerprint density at radius 3 is 2.76 bits per heavy atom. The quantitative estimate of drug-likeness (QED) is 0.410. The van der Waals surface area contributed by atoms with Crippen LogP contribution < -0.4 is 10.6 Å². The third-order valence-corrected chi connectivity index (χ3v) is 6.01. The van der Waals surface area contributed by atoms with Crippen LogP contribution in [-0.2, 0) is 0 Å². The number of carbonyl (C=O) groups excluding carboxylic acids is 1. The van der Waals surface area contributed by atoms with Gasteiger partial charge in [-0.2, -0.15) is 0 Å². The zero-order valence-electron chi connectivity index (χ0n) is 18.5. The molecule has 10 heteroatoms. The van der Waals surface area contributed by atoms with E-state index < -0.39 is 11.6 Å². The van der Waals surface area contributed by atoms with Crippen molar-refractivity contribution in [1.29, 1.82) is 0 Å². The maximum Gasteiger partial charge on any atom is 0.253 e. The van der Waals surface area contributed by atoms with E-state index in [1.165, 1.54) is 6.07 Å². The van der Waals surface area contributed by atoms with Crippen LogP contribution in [0.15, 0.2) is 43.0 Å². The van der Waals surface area contributed by atoms with Crippen LogP contribution in [0, 0.1) is 18.6 Å². The van der Waals surface area contributed by atoms with Crippen molar-refractivity contribution in [1.82, 2.24) is 30.2 Å². The molecule has 0 saturated heterocycles. The van der Waals surface area contributed by atoms with E-state index >= 15 is 0 Å². The van der Waals surface area contributed by atoms with E-state index in [4.69, 9.17) is 0 Å². The number of nitrogens with zero attached hydrogens (tertiary/aromatic N) is 4. The smallest absolute Gasteiger partial charge is 0.253 e. The average Bonchev–Trinajstić information content (AvgIpc) is 3.24. The second-order valence-corrected chi connectivity index (χ2v) is 8.51. The van der Waals surface area contributed by atoms with Crippen LogP contribution in [0.1, 0.15) is 41.7 Å². The number of hydrogen-bond donors (Lipinski definition) is 3. The normalized spacial score (nSPS) is 18.1.